The Hall–Kier alpha value is 0.0300. The Kier molecular flexibility index (Phi) is 3.45. The van der Waals surface area contributed by atoms with Crippen molar-refractivity contribution < 1.29 is 8.76 Å². The van der Waals surface area contributed by atoms with Crippen LogP contribution < -0.4 is 5.73 Å². The lowest BCUT2D eigenvalue weighted by Crippen LogP contribution is -2.52. The van der Waals surface area contributed by atoms with Gasteiger partial charge < -0.3 is 10.3 Å². The maximum atomic E-state index is 10.2. The summed E-state index contributed by atoms with van der Waals surface area (Å²) in [5, 5.41) is 0. The normalized spacial score (nSPS) is 28.0. The predicted octanol–water partition coefficient (Wildman–Crippen LogP) is -1.10. The number of rotatable bonds is 4. The summed E-state index contributed by atoms with van der Waals surface area (Å²) in [5.41, 5.74) is 5.43. The van der Waals surface area contributed by atoms with Gasteiger partial charge in [0.1, 0.15) is 0 Å². The molecule has 11 heavy (non-hydrogen) atoms. The molecule has 1 saturated heterocycles. The van der Waals surface area contributed by atoms with E-state index in [-0.39, 0.29) is 5.75 Å². The average Bonchev–Trinajstić information content (AvgIpc) is 1.86. The zero-order valence-corrected chi connectivity index (χ0v) is 7.18. The second-order valence-corrected chi connectivity index (χ2v) is 3.74. The van der Waals surface area contributed by atoms with E-state index in [0.717, 1.165) is 13.0 Å². The summed E-state index contributed by atoms with van der Waals surface area (Å²) >= 11 is -1.90. The predicted molar refractivity (Wildman–Crippen MR) is 42.8 cm³/mol. The van der Waals surface area contributed by atoms with Gasteiger partial charge in [-0.25, -0.2) is 0 Å². The quantitative estimate of drug-likeness (QED) is 0.553. The Labute approximate surface area is 69.0 Å². The molecule has 0 aromatic rings. The van der Waals surface area contributed by atoms with Crippen molar-refractivity contribution in [3.63, 3.8) is 0 Å². The van der Waals surface area contributed by atoms with E-state index >= 15 is 0 Å². The Morgan fingerprint density at radius 2 is 2.45 bits per heavy atom. The fourth-order valence-corrected chi connectivity index (χ4v) is 1.63. The minimum atomic E-state index is -1.90. The Balaban J connectivity index is 2.12. The first-order valence-electron chi connectivity index (χ1n) is 3.74. The van der Waals surface area contributed by atoms with Crippen molar-refractivity contribution in [2.45, 2.75) is 12.5 Å². The molecule has 0 bridgehead atoms. The number of hydrogen-bond acceptors (Lipinski definition) is 4. The summed E-state index contributed by atoms with van der Waals surface area (Å²) in [7, 11) is 0. The second-order valence-electron chi connectivity index (χ2n) is 2.72. The van der Waals surface area contributed by atoms with Crippen LogP contribution in [0.3, 0.4) is 0 Å². The lowest BCUT2D eigenvalue weighted by atomic mass is 10.0. The number of nitrogens with zero attached hydrogens (tertiary/aromatic N) is 1. The molecule has 0 aromatic carbocycles. The van der Waals surface area contributed by atoms with Crippen molar-refractivity contribution in [2.75, 3.05) is 25.4 Å². The fraction of sp³-hybridized carbons (Fsp3) is 1.00. The van der Waals surface area contributed by atoms with E-state index in [4.69, 9.17) is 5.73 Å². The molecule has 0 aliphatic carbocycles. The van der Waals surface area contributed by atoms with Gasteiger partial charge in [-0.3, -0.25) is 9.11 Å². The minimum absolute atomic E-state index is 0.233. The zero-order valence-electron chi connectivity index (χ0n) is 6.36. The van der Waals surface area contributed by atoms with Crippen molar-refractivity contribution in [3.05, 3.63) is 0 Å². The van der Waals surface area contributed by atoms with Gasteiger partial charge in [0.2, 0.25) is 0 Å². The first kappa shape index (κ1) is 9.12. The van der Waals surface area contributed by atoms with Gasteiger partial charge in [-0.1, -0.05) is 11.1 Å². The smallest absolute Gasteiger partial charge is 0.0230 e. The summed E-state index contributed by atoms with van der Waals surface area (Å²) in [6, 6.07) is 0.429. The maximum absolute atomic E-state index is 10.2. The van der Waals surface area contributed by atoms with Crippen molar-refractivity contribution in [2.24, 2.45) is 5.73 Å². The van der Waals surface area contributed by atoms with Crippen LogP contribution in [0.2, 0.25) is 0 Å². The van der Waals surface area contributed by atoms with Gasteiger partial charge in [0.15, 0.2) is 0 Å². The molecule has 0 saturated carbocycles. The summed E-state index contributed by atoms with van der Waals surface area (Å²) in [6.45, 7) is 2.28. The standard InChI is InChI=1S/C6H14N2O2S/c7-5-6-1-2-8(6)3-4-11(9)10/h6H,1-5,7H2,(H,9,10)/p-1. The van der Waals surface area contributed by atoms with E-state index in [9.17, 15) is 8.76 Å². The molecule has 2 unspecified atom stereocenters. The molecule has 1 fully saturated rings. The van der Waals surface area contributed by atoms with E-state index in [1.54, 1.807) is 0 Å². The van der Waals surface area contributed by atoms with Gasteiger partial charge in [-0.15, -0.1) is 0 Å². The largest absolute Gasteiger partial charge is 0.772 e. The van der Waals surface area contributed by atoms with Crippen LogP contribution >= 0.6 is 0 Å². The van der Waals surface area contributed by atoms with Gasteiger partial charge in [-0.05, 0) is 6.42 Å². The van der Waals surface area contributed by atoms with E-state index in [0.29, 0.717) is 19.1 Å². The second kappa shape index (κ2) is 4.15. The molecule has 0 radical (unpaired) electrons. The molecule has 0 amide bonds. The van der Waals surface area contributed by atoms with Crippen molar-refractivity contribution in [3.8, 4) is 0 Å². The average molecular weight is 177 g/mol. The highest BCUT2D eigenvalue weighted by molar-refractivity contribution is 7.79. The summed E-state index contributed by atoms with van der Waals surface area (Å²) in [6.07, 6.45) is 1.11. The molecule has 1 rings (SSSR count). The van der Waals surface area contributed by atoms with E-state index in [2.05, 4.69) is 4.90 Å². The van der Waals surface area contributed by atoms with Crippen LogP contribution in [0.4, 0.5) is 0 Å². The van der Waals surface area contributed by atoms with E-state index < -0.39 is 11.1 Å². The first-order chi connectivity index (χ1) is 5.24. The third-order valence-corrected chi connectivity index (χ3v) is 2.60. The topological polar surface area (TPSA) is 69.4 Å². The molecule has 1 aliphatic heterocycles. The van der Waals surface area contributed by atoms with Crippen LogP contribution in [0, 0.1) is 0 Å². The third-order valence-electron chi connectivity index (χ3n) is 2.08. The van der Waals surface area contributed by atoms with Gasteiger partial charge >= 0.3 is 0 Å². The number of nitrogens with two attached hydrogens (primary N) is 1. The maximum Gasteiger partial charge on any atom is 0.0230 e. The van der Waals surface area contributed by atoms with E-state index in [1.165, 1.54) is 0 Å². The van der Waals surface area contributed by atoms with Crippen LogP contribution in [0.25, 0.3) is 0 Å². The van der Waals surface area contributed by atoms with E-state index in [1.807, 2.05) is 0 Å². The Morgan fingerprint density at radius 1 is 1.73 bits per heavy atom. The zero-order chi connectivity index (χ0) is 8.27. The lowest BCUT2D eigenvalue weighted by Gasteiger charge is -2.40. The highest BCUT2D eigenvalue weighted by atomic mass is 32.2. The molecular formula is C6H13N2O2S-. The highest BCUT2D eigenvalue weighted by Gasteiger charge is 2.25. The number of hydrogen-bond donors (Lipinski definition) is 1. The summed E-state index contributed by atoms with van der Waals surface area (Å²) in [4.78, 5) is 2.11. The third kappa shape index (κ3) is 2.52. The van der Waals surface area contributed by atoms with Crippen LogP contribution in [-0.2, 0) is 11.1 Å². The van der Waals surface area contributed by atoms with Crippen molar-refractivity contribution in [1.82, 2.24) is 4.90 Å². The van der Waals surface area contributed by atoms with Crippen molar-refractivity contribution >= 4 is 11.1 Å². The molecule has 0 aromatic heterocycles. The first-order valence-corrected chi connectivity index (χ1v) is 4.98. The fourth-order valence-electron chi connectivity index (χ4n) is 1.25. The molecule has 5 heteroatoms. The van der Waals surface area contributed by atoms with Gasteiger partial charge in [0.05, 0.1) is 0 Å². The molecule has 2 N–H and O–H groups in total. The van der Waals surface area contributed by atoms with Crippen LogP contribution in [-0.4, -0.2) is 45.1 Å². The monoisotopic (exact) mass is 177 g/mol. The van der Waals surface area contributed by atoms with Crippen molar-refractivity contribution in [1.29, 1.82) is 0 Å². The van der Waals surface area contributed by atoms with Crippen LogP contribution in [0.15, 0.2) is 0 Å². The molecule has 0 spiro atoms. The Morgan fingerprint density at radius 3 is 2.82 bits per heavy atom. The molecule has 4 nitrogen and oxygen atoms in total. The Bertz CT molecular complexity index is 152. The lowest BCUT2D eigenvalue weighted by molar-refractivity contribution is 0.105. The highest BCUT2D eigenvalue weighted by Crippen LogP contribution is 2.14. The van der Waals surface area contributed by atoms with Gasteiger partial charge in [0, 0.05) is 31.4 Å². The minimum Gasteiger partial charge on any atom is -0.772 e. The summed E-state index contributed by atoms with van der Waals surface area (Å²) < 4.78 is 20.4. The molecule has 66 valence electrons. The molecule has 2 atom stereocenters. The molecular weight excluding hydrogens is 164 g/mol. The SMILES string of the molecule is NCC1CCN1CCS(=O)[O-]. The van der Waals surface area contributed by atoms with Crippen LogP contribution in [0.1, 0.15) is 6.42 Å². The van der Waals surface area contributed by atoms with Crippen LogP contribution in [0.5, 0.6) is 0 Å². The number of likely N-dealkylation sites (tertiary alicyclic amines) is 1. The molecule has 1 heterocycles. The van der Waals surface area contributed by atoms with Gasteiger partial charge in [-0.2, -0.15) is 0 Å². The molecule has 1 aliphatic rings. The summed E-state index contributed by atoms with van der Waals surface area (Å²) in [5.74, 6) is 0.233. The van der Waals surface area contributed by atoms with Gasteiger partial charge in [0.25, 0.3) is 0 Å².